The number of nitrogens with zero attached hydrogens (tertiary/aromatic N) is 1. The highest BCUT2D eigenvalue weighted by atomic mass is 35.5. The van der Waals surface area contributed by atoms with Gasteiger partial charge in [-0.15, -0.1) is 0 Å². The Balaban J connectivity index is 2.40. The molecule has 0 aliphatic carbocycles. The average molecular weight is 301 g/mol. The molecule has 1 N–H and O–H groups in total. The van der Waals surface area contributed by atoms with Crippen molar-refractivity contribution in [1.29, 1.82) is 0 Å². The molecule has 6 heteroatoms. The van der Waals surface area contributed by atoms with Gasteiger partial charge in [-0.25, -0.2) is 9.69 Å². The number of carbonyl (C=O) groups is 2. The van der Waals surface area contributed by atoms with E-state index in [-0.39, 0.29) is 17.7 Å². The Morgan fingerprint density at radius 2 is 1.79 bits per heavy atom. The molecule has 19 heavy (non-hydrogen) atoms. The lowest BCUT2D eigenvalue weighted by molar-refractivity contribution is -0.123. The second-order valence-corrected chi connectivity index (χ2v) is 5.71. The van der Waals surface area contributed by atoms with Crippen LogP contribution in [0.1, 0.15) is 13.8 Å². The molecule has 0 aromatic heterocycles. The molecule has 1 atom stereocenters. The summed E-state index contributed by atoms with van der Waals surface area (Å²) in [6.07, 6.45) is 0. The average Bonchev–Trinajstić information content (AvgIpc) is 2.26. The van der Waals surface area contributed by atoms with Crippen molar-refractivity contribution in [3.8, 4) is 0 Å². The molecule has 1 fully saturated rings. The largest absolute Gasteiger partial charge is 0.337 e. The number of amides is 3. The first kappa shape index (κ1) is 14.2. The Morgan fingerprint density at radius 1 is 1.21 bits per heavy atom. The van der Waals surface area contributed by atoms with Gasteiger partial charge in [0.2, 0.25) is 5.91 Å². The van der Waals surface area contributed by atoms with Crippen LogP contribution in [0.5, 0.6) is 0 Å². The van der Waals surface area contributed by atoms with Gasteiger partial charge in [-0.05, 0) is 24.1 Å². The Bertz CT molecular complexity index is 511. The number of carbonyl (C=O) groups excluding carboxylic acids is 2. The van der Waals surface area contributed by atoms with Crippen molar-refractivity contribution in [2.75, 3.05) is 11.4 Å². The summed E-state index contributed by atoms with van der Waals surface area (Å²) in [7, 11) is 0. The number of halogens is 2. The summed E-state index contributed by atoms with van der Waals surface area (Å²) in [6, 6.07) is 4.21. The number of imide groups is 1. The molecular formula is C13H14Cl2N2O2. The van der Waals surface area contributed by atoms with Crippen LogP contribution in [-0.4, -0.2) is 18.5 Å². The van der Waals surface area contributed by atoms with Crippen LogP contribution in [0.2, 0.25) is 10.0 Å². The van der Waals surface area contributed by atoms with Gasteiger partial charge in [0.05, 0.1) is 11.6 Å². The van der Waals surface area contributed by atoms with Crippen molar-refractivity contribution < 1.29 is 9.59 Å². The molecule has 1 aromatic carbocycles. The van der Waals surface area contributed by atoms with Crippen molar-refractivity contribution in [3.63, 3.8) is 0 Å². The maximum Gasteiger partial charge on any atom is 0.328 e. The fourth-order valence-corrected chi connectivity index (χ4v) is 2.58. The third-order valence-corrected chi connectivity index (χ3v) is 3.56. The molecule has 1 saturated heterocycles. The van der Waals surface area contributed by atoms with Crippen LogP contribution in [0.15, 0.2) is 18.2 Å². The second-order valence-electron chi connectivity index (χ2n) is 4.84. The van der Waals surface area contributed by atoms with Crippen LogP contribution in [0.3, 0.4) is 0 Å². The fourth-order valence-electron chi connectivity index (χ4n) is 2.06. The van der Waals surface area contributed by atoms with E-state index in [0.717, 1.165) is 4.90 Å². The van der Waals surface area contributed by atoms with Crippen molar-refractivity contribution in [2.24, 2.45) is 11.8 Å². The number of hydrogen-bond acceptors (Lipinski definition) is 2. The van der Waals surface area contributed by atoms with Gasteiger partial charge >= 0.3 is 6.03 Å². The summed E-state index contributed by atoms with van der Waals surface area (Å²) < 4.78 is 0. The van der Waals surface area contributed by atoms with Crippen molar-refractivity contribution in [3.05, 3.63) is 28.2 Å². The predicted octanol–water partition coefficient (Wildman–Crippen LogP) is 3.32. The highest BCUT2D eigenvalue weighted by Gasteiger charge is 2.36. The number of benzene rings is 1. The quantitative estimate of drug-likeness (QED) is 0.911. The molecule has 1 heterocycles. The Kier molecular flexibility index (Phi) is 4.02. The van der Waals surface area contributed by atoms with Crippen LogP contribution in [0.25, 0.3) is 0 Å². The minimum atomic E-state index is -0.444. The van der Waals surface area contributed by atoms with E-state index in [9.17, 15) is 9.59 Å². The van der Waals surface area contributed by atoms with E-state index in [2.05, 4.69) is 5.32 Å². The van der Waals surface area contributed by atoms with Crippen LogP contribution < -0.4 is 10.2 Å². The van der Waals surface area contributed by atoms with Crippen molar-refractivity contribution in [1.82, 2.24) is 5.32 Å². The van der Waals surface area contributed by atoms with Gasteiger partial charge in [0.25, 0.3) is 0 Å². The first-order chi connectivity index (χ1) is 8.90. The molecule has 102 valence electrons. The third kappa shape index (κ3) is 2.85. The van der Waals surface area contributed by atoms with Gasteiger partial charge < -0.3 is 5.32 Å². The summed E-state index contributed by atoms with van der Waals surface area (Å²) in [5.41, 5.74) is 0.394. The first-order valence-electron chi connectivity index (χ1n) is 5.98. The smallest absolute Gasteiger partial charge is 0.328 e. The van der Waals surface area contributed by atoms with Gasteiger partial charge in [-0.2, -0.15) is 0 Å². The zero-order chi connectivity index (χ0) is 14.2. The summed E-state index contributed by atoms with van der Waals surface area (Å²) in [5.74, 6) is -0.321. The summed E-state index contributed by atoms with van der Waals surface area (Å²) in [4.78, 5) is 25.4. The van der Waals surface area contributed by atoms with Gasteiger partial charge in [-0.1, -0.05) is 37.0 Å². The molecule has 1 unspecified atom stereocenters. The van der Waals surface area contributed by atoms with Crippen LogP contribution in [-0.2, 0) is 4.79 Å². The third-order valence-electron chi connectivity index (χ3n) is 3.12. The minimum Gasteiger partial charge on any atom is -0.337 e. The lowest BCUT2D eigenvalue weighted by atomic mass is 9.92. The zero-order valence-electron chi connectivity index (χ0n) is 10.6. The SMILES string of the molecule is CC(C)C1CNC(=O)N(c2cc(Cl)cc(Cl)c2)C1=O. The summed E-state index contributed by atoms with van der Waals surface area (Å²) in [6.45, 7) is 4.26. The highest BCUT2D eigenvalue weighted by molar-refractivity contribution is 6.35. The number of urea groups is 1. The highest BCUT2D eigenvalue weighted by Crippen LogP contribution is 2.29. The van der Waals surface area contributed by atoms with E-state index in [0.29, 0.717) is 22.3 Å². The molecule has 0 saturated carbocycles. The molecule has 0 radical (unpaired) electrons. The maximum absolute atomic E-state index is 12.4. The van der Waals surface area contributed by atoms with E-state index in [1.807, 2.05) is 13.8 Å². The normalized spacial score (nSPS) is 19.8. The lowest BCUT2D eigenvalue weighted by Gasteiger charge is -2.33. The van der Waals surface area contributed by atoms with Gasteiger partial charge in [0.15, 0.2) is 0 Å². The predicted molar refractivity (Wildman–Crippen MR) is 75.7 cm³/mol. The molecule has 4 nitrogen and oxygen atoms in total. The molecule has 1 aliphatic heterocycles. The van der Waals surface area contributed by atoms with E-state index >= 15 is 0 Å². The monoisotopic (exact) mass is 300 g/mol. The molecular weight excluding hydrogens is 287 g/mol. The van der Waals surface area contributed by atoms with Crippen molar-refractivity contribution >= 4 is 40.8 Å². The van der Waals surface area contributed by atoms with Gasteiger partial charge in [0, 0.05) is 16.6 Å². The molecule has 2 rings (SSSR count). The minimum absolute atomic E-state index is 0.144. The van der Waals surface area contributed by atoms with E-state index < -0.39 is 6.03 Å². The van der Waals surface area contributed by atoms with Gasteiger partial charge in [-0.3, -0.25) is 4.79 Å². The number of nitrogens with one attached hydrogen (secondary N) is 1. The standard InChI is InChI=1S/C13H14Cl2N2O2/c1-7(2)11-6-16-13(19)17(12(11)18)10-4-8(14)3-9(15)5-10/h3-5,7,11H,6H2,1-2H3,(H,16,19). The van der Waals surface area contributed by atoms with E-state index in [1.165, 1.54) is 0 Å². The number of hydrogen-bond donors (Lipinski definition) is 1. The molecule has 1 aromatic rings. The molecule has 3 amide bonds. The Morgan fingerprint density at radius 3 is 2.32 bits per heavy atom. The summed E-state index contributed by atoms with van der Waals surface area (Å²) >= 11 is 11.8. The molecule has 0 bridgehead atoms. The van der Waals surface area contributed by atoms with E-state index in [1.54, 1.807) is 18.2 Å². The summed E-state index contributed by atoms with van der Waals surface area (Å²) in [5, 5.41) is 3.48. The van der Waals surface area contributed by atoms with Crippen LogP contribution in [0, 0.1) is 11.8 Å². The molecule has 1 aliphatic rings. The lowest BCUT2D eigenvalue weighted by Crippen LogP contribution is -2.56. The number of anilines is 1. The topological polar surface area (TPSA) is 49.4 Å². The number of rotatable bonds is 2. The Hall–Kier alpha value is -1.26. The zero-order valence-corrected chi connectivity index (χ0v) is 12.1. The van der Waals surface area contributed by atoms with Gasteiger partial charge in [0.1, 0.15) is 0 Å². The Labute approximate surface area is 121 Å². The van der Waals surface area contributed by atoms with Crippen LogP contribution in [0.4, 0.5) is 10.5 Å². The molecule has 0 spiro atoms. The first-order valence-corrected chi connectivity index (χ1v) is 6.73. The van der Waals surface area contributed by atoms with Crippen LogP contribution >= 0.6 is 23.2 Å². The second kappa shape index (κ2) is 5.39. The maximum atomic E-state index is 12.4. The van der Waals surface area contributed by atoms with E-state index in [4.69, 9.17) is 23.2 Å². The van der Waals surface area contributed by atoms with Crippen molar-refractivity contribution in [2.45, 2.75) is 13.8 Å². The fraction of sp³-hybridized carbons (Fsp3) is 0.385.